The molecule has 1 atom stereocenters. The Bertz CT molecular complexity index is 578. The van der Waals surface area contributed by atoms with Gasteiger partial charge >= 0.3 is 0 Å². The van der Waals surface area contributed by atoms with Gasteiger partial charge in [-0.3, -0.25) is 4.68 Å². The van der Waals surface area contributed by atoms with Gasteiger partial charge in [-0.05, 0) is 37.6 Å². The summed E-state index contributed by atoms with van der Waals surface area (Å²) in [5, 5.41) is 23.3. The Morgan fingerprint density at radius 1 is 1.26 bits per heavy atom. The molecule has 98 valence electrons. The summed E-state index contributed by atoms with van der Waals surface area (Å²) in [5.41, 5.74) is 2.27. The second-order valence-electron chi connectivity index (χ2n) is 4.83. The highest BCUT2D eigenvalue weighted by Crippen LogP contribution is 2.18. The molecule has 1 aromatic heterocycles. The minimum absolute atomic E-state index is 0.320. The number of nitrogens with zero attached hydrogens (tertiary/aromatic N) is 3. The van der Waals surface area contributed by atoms with Gasteiger partial charge in [0, 0.05) is 18.7 Å². The van der Waals surface area contributed by atoms with Gasteiger partial charge in [0.25, 0.3) is 0 Å². The van der Waals surface area contributed by atoms with Crippen LogP contribution in [0, 0.1) is 11.3 Å². The van der Waals surface area contributed by atoms with Crippen molar-refractivity contribution >= 4 is 0 Å². The van der Waals surface area contributed by atoms with E-state index in [0.29, 0.717) is 18.0 Å². The van der Waals surface area contributed by atoms with Gasteiger partial charge in [0.1, 0.15) is 0 Å². The minimum atomic E-state index is -0.594. The lowest BCUT2D eigenvalue weighted by atomic mass is 10.0. The molecule has 0 aliphatic carbocycles. The molecule has 2 aromatic rings. The van der Waals surface area contributed by atoms with E-state index in [1.807, 2.05) is 16.9 Å². The number of hydrogen-bond acceptors (Lipinski definition) is 3. The van der Waals surface area contributed by atoms with Crippen LogP contribution in [0.3, 0.4) is 0 Å². The number of aliphatic hydroxyl groups is 1. The second-order valence-corrected chi connectivity index (χ2v) is 4.83. The highest BCUT2D eigenvalue weighted by Gasteiger charge is 2.11. The standard InChI is InChI=1S/C15H17N3O/c1-11(2)18-8-7-14(17-18)9-15(19)13-5-3-12(10-16)4-6-13/h3-8,11,15,19H,9H2,1-2H3. The van der Waals surface area contributed by atoms with Crippen LogP contribution in [0.5, 0.6) is 0 Å². The number of benzene rings is 1. The summed E-state index contributed by atoms with van der Waals surface area (Å²) in [7, 11) is 0. The molecule has 0 amide bonds. The fourth-order valence-corrected chi connectivity index (χ4v) is 1.87. The SMILES string of the molecule is CC(C)n1ccc(CC(O)c2ccc(C#N)cc2)n1. The van der Waals surface area contributed by atoms with E-state index in [2.05, 4.69) is 25.0 Å². The Morgan fingerprint density at radius 3 is 2.47 bits per heavy atom. The number of aliphatic hydroxyl groups excluding tert-OH is 1. The van der Waals surface area contributed by atoms with E-state index in [9.17, 15) is 5.11 Å². The van der Waals surface area contributed by atoms with E-state index in [-0.39, 0.29) is 0 Å². The molecule has 0 aliphatic rings. The first-order chi connectivity index (χ1) is 9.10. The molecular weight excluding hydrogens is 238 g/mol. The van der Waals surface area contributed by atoms with E-state index in [4.69, 9.17) is 5.26 Å². The van der Waals surface area contributed by atoms with Crippen LogP contribution < -0.4 is 0 Å². The van der Waals surface area contributed by atoms with Gasteiger partial charge in [0.05, 0.1) is 23.4 Å². The molecule has 4 nitrogen and oxygen atoms in total. The van der Waals surface area contributed by atoms with Gasteiger partial charge in [-0.2, -0.15) is 10.4 Å². The van der Waals surface area contributed by atoms with Crippen molar-refractivity contribution in [1.82, 2.24) is 9.78 Å². The largest absolute Gasteiger partial charge is 0.388 e. The average molecular weight is 255 g/mol. The smallest absolute Gasteiger partial charge is 0.0991 e. The Kier molecular flexibility index (Phi) is 3.98. The first-order valence-corrected chi connectivity index (χ1v) is 6.32. The molecule has 19 heavy (non-hydrogen) atoms. The molecular formula is C15H17N3O. The predicted molar refractivity (Wildman–Crippen MR) is 72.4 cm³/mol. The Labute approximate surface area is 112 Å². The molecule has 2 rings (SSSR count). The third-order valence-electron chi connectivity index (χ3n) is 3.02. The second kappa shape index (κ2) is 5.68. The van der Waals surface area contributed by atoms with E-state index in [1.165, 1.54) is 0 Å². The molecule has 0 saturated heterocycles. The summed E-state index contributed by atoms with van der Waals surface area (Å²) in [6.45, 7) is 4.13. The van der Waals surface area contributed by atoms with Crippen LogP contribution in [0.25, 0.3) is 0 Å². The van der Waals surface area contributed by atoms with Crippen molar-refractivity contribution in [2.24, 2.45) is 0 Å². The van der Waals surface area contributed by atoms with Crippen LogP contribution >= 0.6 is 0 Å². The normalized spacial score (nSPS) is 12.4. The number of aromatic nitrogens is 2. The highest BCUT2D eigenvalue weighted by molar-refractivity contribution is 5.32. The first-order valence-electron chi connectivity index (χ1n) is 6.32. The molecule has 0 saturated carbocycles. The summed E-state index contributed by atoms with van der Waals surface area (Å²) >= 11 is 0. The average Bonchev–Trinajstić information content (AvgIpc) is 2.87. The monoisotopic (exact) mass is 255 g/mol. The van der Waals surface area contributed by atoms with Crippen LogP contribution in [0.2, 0.25) is 0 Å². The van der Waals surface area contributed by atoms with Crippen molar-refractivity contribution in [2.75, 3.05) is 0 Å². The molecule has 1 aromatic carbocycles. The minimum Gasteiger partial charge on any atom is -0.388 e. The molecule has 4 heteroatoms. The van der Waals surface area contributed by atoms with Crippen molar-refractivity contribution in [1.29, 1.82) is 5.26 Å². The lowest BCUT2D eigenvalue weighted by Crippen LogP contribution is -2.05. The Morgan fingerprint density at radius 2 is 1.95 bits per heavy atom. The van der Waals surface area contributed by atoms with Crippen LogP contribution in [0.15, 0.2) is 36.5 Å². The summed E-state index contributed by atoms with van der Waals surface area (Å²) in [5.74, 6) is 0. The molecule has 0 fully saturated rings. The van der Waals surface area contributed by atoms with Gasteiger partial charge < -0.3 is 5.11 Å². The Hall–Kier alpha value is -2.12. The van der Waals surface area contributed by atoms with Crippen LogP contribution in [-0.4, -0.2) is 14.9 Å². The van der Waals surface area contributed by atoms with Crippen LogP contribution in [0.1, 0.15) is 42.8 Å². The molecule has 0 radical (unpaired) electrons. The summed E-state index contributed by atoms with van der Waals surface area (Å²) in [6, 6.07) is 11.3. The number of nitriles is 1. The van der Waals surface area contributed by atoms with Gasteiger partial charge in [0.15, 0.2) is 0 Å². The van der Waals surface area contributed by atoms with E-state index in [0.717, 1.165) is 11.3 Å². The maximum absolute atomic E-state index is 10.2. The third kappa shape index (κ3) is 3.21. The summed E-state index contributed by atoms with van der Waals surface area (Å²) in [4.78, 5) is 0. The Balaban J connectivity index is 2.07. The topological polar surface area (TPSA) is 61.8 Å². The number of rotatable bonds is 4. The van der Waals surface area contributed by atoms with Crippen molar-refractivity contribution in [2.45, 2.75) is 32.4 Å². The fourth-order valence-electron chi connectivity index (χ4n) is 1.87. The number of hydrogen-bond donors (Lipinski definition) is 1. The summed E-state index contributed by atoms with van der Waals surface area (Å²) in [6.07, 6.45) is 1.81. The molecule has 0 spiro atoms. The van der Waals surface area contributed by atoms with Gasteiger partial charge in [-0.1, -0.05) is 12.1 Å². The maximum atomic E-state index is 10.2. The molecule has 1 unspecified atom stereocenters. The van der Waals surface area contributed by atoms with Gasteiger partial charge in [0.2, 0.25) is 0 Å². The first kappa shape index (κ1) is 13.3. The lowest BCUT2D eigenvalue weighted by molar-refractivity contribution is 0.177. The molecule has 0 bridgehead atoms. The van der Waals surface area contributed by atoms with Crippen LogP contribution in [-0.2, 0) is 6.42 Å². The van der Waals surface area contributed by atoms with Crippen molar-refractivity contribution in [3.05, 3.63) is 53.3 Å². The van der Waals surface area contributed by atoms with Crippen molar-refractivity contribution in [3.63, 3.8) is 0 Å². The zero-order valence-electron chi connectivity index (χ0n) is 11.1. The third-order valence-corrected chi connectivity index (χ3v) is 3.02. The molecule has 1 N–H and O–H groups in total. The van der Waals surface area contributed by atoms with Gasteiger partial charge in [-0.25, -0.2) is 0 Å². The zero-order valence-corrected chi connectivity index (χ0v) is 11.1. The lowest BCUT2D eigenvalue weighted by Gasteiger charge is -2.09. The van der Waals surface area contributed by atoms with E-state index in [1.54, 1.807) is 24.3 Å². The van der Waals surface area contributed by atoms with Crippen LogP contribution in [0.4, 0.5) is 0 Å². The fraction of sp³-hybridized carbons (Fsp3) is 0.333. The van der Waals surface area contributed by atoms with Gasteiger partial charge in [-0.15, -0.1) is 0 Å². The van der Waals surface area contributed by atoms with E-state index < -0.39 is 6.10 Å². The zero-order chi connectivity index (χ0) is 13.8. The maximum Gasteiger partial charge on any atom is 0.0991 e. The van der Waals surface area contributed by atoms with Crippen molar-refractivity contribution < 1.29 is 5.11 Å². The summed E-state index contributed by atoms with van der Waals surface area (Å²) < 4.78 is 1.88. The molecule has 0 aliphatic heterocycles. The quantitative estimate of drug-likeness (QED) is 0.913. The predicted octanol–water partition coefficient (Wildman–Crippen LogP) is 2.61. The highest BCUT2D eigenvalue weighted by atomic mass is 16.3. The van der Waals surface area contributed by atoms with E-state index >= 15 is 0 Å². The molecule has 1 heterocycles. The van der Waals surface area contributed by atoms with Crippen molar-refractivity contribution in [3.8, 4) is 6.07 Å².